The maximum absolute atomic E-state index is 11.4. The van der Waals surface area contributed by atoms with E-state index in [0.29, 0.717) is 18.0 Å². The number of nitrogens with one attached hydrogen (secondary N) is 2. The van der Waals surface area contributed by atoms with Gasteiger partial charge in [-0.15, -0.1) is 24.2 Å². The second-order valence-electron chi connectivity index (χ2n) is 3.63. The lowest BCUT2D eigenvalue weighted by Gasteiger charge is -2.17. The Morgan fingerprint density at radius 3 is 3.00 bits per heavy atom. The van der Waals surface area contributed by atoms with Crippen molar-refractivity contribution in [1.29, 1.82) is 0 Å². The molecular formula is C11H14ClN3O2S. The topological polar surface area (TPSA) is 84.2 Å². The maximum atomic E-state index is 11.4. The molecule has 1 aromatic rings. The molecule has 0 atom stereocenters. The Hall–Kier alpha value is -1.24. The van der Waals surface area contributed by atoms with Gasteiger partial charge >= 0.3 is 0 Å². The number of hydrogen-bond acceptors (Lipinski definition) is 4. The summed E-state index contributed by atoms with van der Waals surface area (Å²) >= 11 is 1.49. The lowest BCUT2D eigenvalue weighted by atomic mass is 10.2. The van der Waals surface area contributed by atoms with Gasteiger partial charge in [0, 0.05) is 23.5 Å². The molecule has 2 rings (SSSR count). The number of halogens is 1. The van der Waals surface area contributed by atoms with Crippen LogP contribution in [0.4, 0.5) is 11.4 Å². The van der Waals surface area contributed by atoms with Crippen LogP contribution in [0.2, 0.25) is 0 Å². The molecule has 0 aliphatic carbocycles. The molecule has 0 fully saturated rings. The van der Waals surface area contributed by atoms with Gasteiger partial charge in [-0.25, -0.2) is 0 Å². The molecule has 98 valence electrons. The molecule has 0 unspecified atom stereocenters. The van der Waals surface area contributed by atoms with Crippen molar-refractivity contribution in [1.82, 2.24) is 0 Å². The molecule has 0 saturated heterocycles. The van der Waals surface area contributed by atoms with Crippen molar-refractivity contribution in [2.75, 3.05) is 22.9 Å². The third kappa shape index (κ3) is 3.63. The predicted octanol–water partition coefficient (Wildman–Crippen LogP) is 1.44. The standard InChI is InChI=1S/C11H13N3O2S.ClH/c12-4-3-10(15)13-7-1-2-9-8(5-7)14-11(16)6-17-9;/h1-2,5H,3-4,6,12H2,(H,13,15)(H,14,16);1H. The van der Waals surface area contributed by atoms with Gasteiger partial charge in [-0.3, -0.25) is 9.59 Å². The molecule has 0 bridgehead atoms. The molecule has 0 aromatic heterocycles. The van der Waals surface area contributed by atoms with E-state index < -0.39 is 0 Å². The minimum atomic E-state index is -0.123. The van der Waals surface area contributed by atoms with Crippen molar-refractivity contribution in [3.05, 3.63) is 18.2 Å². The molecular weight excluding hydrogens is 274 g/mol. The van der Waals surface area contributed by atoms with Crippen LogP contribution in [0, 0.1) is 0 Å². The highest BCUT2D eigenvalue weighted by Gasteiger charge is 2.15. The first-order chi connectivity index (χ1) is 8.19. The maximum Gasteiger partial charge on any atom is 0.234 e. The van der Waals surface area contributed by atoms with Crippen LogP contribution < -0.4 is 16.4 Å². The number of amides is 2. The number of nitrogens with two attached hydrogens (primary N) is 1. The summed E-state index contributed by atoms with van der Waals surface area (Å²) in [6, 6.07) is 5.46. The van der Waals surface area contributed by atoms with Gasteiger partial charge < -0.3 is 16.4 Å². The number of thioether (sulfide) groups is 1. The molecule has 4 N–H and O–H groups in total. The minimum Gasteiger partial charge on any atom is -0.330 e. The average molecular weight is 288 g/mol. The van der Waals surface area contributed by atoms with E-state index in [-0.39, 0.29) is 30.6 Å². The Kier molecular flexibility index (Phi) is 5.46. The van der Waals surface area contributed by atoms with Crippen molar-refractivity contribution in [3.63, 3.8) is 0 Å². The smallest absolute Gasteiger partial charge is 0.234 e. The van der Waals surface area contributed by atoms with Gasteiger partial charge in [0.15, 0.2) is 0 Å². The summed E-state index contributed by atoms with van der Waals surface area (Å²) < 4.78 is 0. The van der Waals surface area contributed by atoms with Crippen LogP contribution in [0.15, 0.2) is 23.1 Å². The van der Waals surface area contributed by atoms with Crippen LogP contribution in [0.1, 0.15) is 6.42 Å². The highest BCUT2D eigenvalue weighted by atomic mass is 35.5. The van der Waals surface area contributed by atoms with Crippen LogP contribution in [0.5, 0.6) is 0 Å². The molecule has 2 amide bonds. The van der Waals surface area contributed by atoms with Crippen LogP contribution in [0.25, 0.3) is 0 Å². The third-order valence-corrected chi connectivity index (χ3v) is 3.34. The van der Waals surface area contributed by atoms with E-state index in [1.54, 1.807) is 6.07 Å². The van der Waals surface area contributed by atoms with Crippen LogP contribution in [0.3, 0.4) is 0 Å². The van der Waals surface area contributed by atoms with Gasteiger partial charge in [0.2, 0.25) is 11.8 Å². The first-order valence-electron chi connectivity index (χ1n) is 5.25. The van der Waals surface area contributed by atoms with Crippen LogP contribution >= 0.6 is 24.2 Å². The number of carbonyl (C=O) groups is 2. The summed E-state index contributed by atoms with van der Waals surface area (Å²) in [6.45, 7) is 0.323. The largest absolute Gasteiger partial charge is 0.330 e. The van der Waals surface area contributed by atoms with Gasteiger partial charge in [-0.2, -0.15) is 0 Å². The molecule has 18 heavy (non-hydrogen) atoms. The normalized spacial score (nSPS) is 13.1. The van der Waals surface area contributed by atoms with Crippen molar-refractivity contribution < 1.29 is 9.59 Å². The Bertz CT molecular complexity index is 468. The molecule has 0 spiro atoms. The summed E-state index contributed by atoms with van der Waals surface area (Å²) in [5.41, 5.74) is 6.71. The Morgan fingerprint density at radius 1 is 1.50 bits per heavy atom. The molecule has 7 heteroatoms. The van der Waals surface area contributed by atoms with Crippen molar-refractivity contribution in [2.24, 2.45) is 5.73 Å². The second-order valence-corrected chi connectivity index (χ2v) is 4.65. The summed E-state index contributed by atoms with van der Waals surface area (Å²) in [4.78, 5) is 23.6. The fraction of sp³-hybridized carbons (Fsp3) is 0.273. The summed E-state index contributed by atoms with van der Waals surface area (Å²) in [6.07, 6.45) is 0.290. The van der Waals surface area contributed by atoms with E-state index in [1.165, 1.54) is 11.8 Å². The van der Waals surface area contributed by atoms with Crippen molar-refractivity contribution >= 4 is 47.4 Å². The molecule has 1 aromatic carbocycles. The SMILES string of the molecule is Cl.NCCC(=O)Nc1ccc2c(c1)NC(=O)CS2. The van der Waals surface area contributed by atoms with Gasteiger partial charge in [0.1, 0.15) is 0 Å². The summed E-state index contributed by atoms with van der Waals surface area (Å²) in [5, 5.41) is 5.50. The monoisotopic (exact) mass is 287 g/mol. The first-order valence-corrected chi connectivity index (χ1v) is 6.24. The highest BCUT2D eigenvalue weighted by Crippen LogP contribution is 2.33. The zero-order chi connectivity index (χ0) is 12.3. The van der Waals surface area contributed by atoms with Gasteiger partial charge in [0.05, 0.1) is 11.4 Å². The molecule has 5 nitrogen and oxygen atoms in total. The first kappa shape index (κ1) is 14.8. The Morgan fingerprint density at radius 2 is 2.28 bits per heavy atom. The lowest BCUT2D eigenvalue weighted by Crippen LogP contribution is -2.19. The molecule has 1 aliphatic rings. The van der Waals surface area contributed by atoms with E-state index in [1.807, 2.05) is 12.1 Å². The highest BCUT2D eigenvalue weighted by molar-refractivity contribution is 8.00. The van der Waals surface area contributed by atoms with E-state index in [4.69, 9.17) is 5.73 Å². The predicted molar refractivity (Wildman–Crippen MR) is 75.3 cm³/mol. The van der Waals surface area contributed by atoms with E-state index in [9.17, 15) is 9.59 Å². The third-order valence-electron chi connectivity index (χ3n) is 2.27. The summed E-state index contributed by atoms with van der Waals surface area (Å²) in [7, 11) is 0. The number of carbonyl (C=O) groups excluding carboxylic acids is 2. The second kappa shape index (κ2) is 6.63. The number of fused-ring (bicyclic) bond motifs is 1. The number of hydrogen-bond donors (Lipinski definition) is 3. The van der Waals surface area contributed by atoms with E-state index in [2.05, 4.69) is 10.6 Å². The van der Waals surface area contributed by atoms with E-state index in [0.717, 1.165) is 10.6 Å². The fourth-order valence-electron chi connectivity index (χ4n) is 1.52. The van der Waals surface area contributed by atoms with Gasteiger partial charge in [-0.1, -0.05) is 0 Å². The lowest BCUT2D eigenvalue weighted by molar-refractivity contribution is -0.116. The quantitative estimate of drug-likeness (QED) is 0.785. The minimum absolute atomic E-state index is 0. The Labute approximate surface area is 115 Å². The number of anilines is 2. The van der Waals surface area contributed by atoms with Crippen molar-refractivity contribution in [2.45, 2.75) is 11.3 Å². The fourth-order valence-corrected chi connectivity index (χ4v) is 2.30. The van der Waals surface area contributed by atoms with Crippen LogP contribution in [-0.2, 0) is 9.59 Å². The van der Waals surface area contributed by atoms with E-state index >= 15 is 0 Å². The van der Waals surface area contributed by atoms with Gasteiger partial charge in [0.25, 0.3) is 0 Å². The average Bonchev–Trinajstić information content (AvgIpc) is 2.28. The molecule has 0 radical (unpaired) electrons. The summed E-state index contributed by atoms with van der Waals surface area (Å²) in [5.74, 6) is 0.293. The molecule has 0 saturated carbocycles. The van der Waals surface area contributed by atoms with Crippen LogP contribution in [-0.4, -0.2) is 24.1 Å². The molecule has 1 aliphatic heterocycles. The van der Waals surface area contributed by atoms with Gasteiger partial charge in [-0.05, 0) is 18.2 Å². The molecule has 1 heterocycles. The zero-order valence-corrected chi connectivity index (χ0v) is 11.2. The number of rotatable bonds is 3. The number of benzene rings is 1. The zero-order valence-electron chi connectivity index (χ0n) is 9.56. The Balaban J connectivity index is 0.00000162. The van der Waals surface area contributed by atoms with Crippen molar-refractivity contribution in [3.8, 4) is 0 Å².